The molecule has 0 saturated heterocycles. The van der Waals surface area contributed by atoms with E-state index in [1.54, 1.807) is 16.9 Å². The number of hydrogen-bond donors (Lipinski definition) is 1. The molecule has 2 rings (SSSR count). The molecule has 84 valence electrons. The molecule has 0 saturated carbocycles. The summed E-state index contributed by atoms with van der Waals surface area (Å²) in [5.74, 6) is -0.775. The first-order chi connectivity index (χ1) is 7.63. The van der Waals surface area contributed by atoms with Gasteiger partial charge in [0.2, 0.25) is 0 Å². The van der Waals surface area contributed by atoms with E-state index in [9.17, 15) is 9.50 Å². The fraction of sp³-hybridized carbons (Fsp3) is 0.182. The van der Waals surface area contributed by atoms with Crippen molar-refractivity contribution in [2.75, 3.05) is 0 Å². The Morgan fingerprint density at radius 3 is 2.94 bits per heavy atom. The van der Waals surface area contributed by atoms with Crippen LogP contribution in [-0.2, 0) is 6.54 Å². The molecule has 2 aromatic rings. The van der Waals surface area contributed by atoms with E-state index < -0.39 is 5.82 Å². The van der Waals surface area contributed by atoms with Gasteiger partial charge in [0, 0.05) is 24.4 Å². The Hall–Kier alpha value is -1.55. The van der Waals surface area contributed by atoms with Crippen molar-refractivity contribution in [3.63, 3.8) is 0 Å². The topological polar surface area (TPSA) is 38.0 Å². The average molecular weight is 241 g/mol. The molecule has 0 spiro atoms. The molecule has 1 aromatic carbocycles. The SMILES string of the molecule is CCn1nccc1-c1cc(Cl)c(F)cc1O. The predicted molar refractivity (Wildman–Crippen MR) is 60.0 cm³/mol. The van der Waals surface area contributed by atoms with Crippen molar-refractivity contribution < 1.29 is 9.50 Å². The van der Waals surface area contributed by atoms with Crippen molar-refractivity contribution in [1.29, 1.82) is 0 Å². The van der Waals surface area contributed by atoms with E-state index in [0.717, 1.165) is 6.07 Å². The number of aromatic nitrogens is 2. The second-order valence-electron chi connectivity index (χ2n) is 3.32. The Bertz CT molecular complexity index is 525. The van der Waals surface area contributed by atoms with Gasteiger partial charge in [-0.1, -0.05) is 11.6 Å². The first kappa shape index (κ1) is 11.0. The maximum absolute atomic E-state index is 13.1. The highest BCUT2D eigenvalue weighted by atomic mass is 35.5. The molecule has 0 aliphatic rings. The minimum Gasteiger partial charge on any atom is -0.507 e. The molecule has 1 N–H and O–H groups in total. The Morgan fingerprint density at radius 1 is 1.50 bits per heavy atom. The fourth-order valence-corrected chi connectivity index (χ4v) is 1.72. The Morgan fingerprint density at radius 2 is 2.25 bits per heavy atom. The Kier molecular flexibility index (Phi) is 2.83. The normalized spacial score (nSPS) is 10.7. The monoisotopic (exact) mass is 240 g/mol. The number of phenols is 1. The zero-order valence-electron chi connectivity index (χ0n) is 8.61. The first-order valence-electron chi connectivity index (χ1n) is 4.83. The minimum atomic E-state index is -0.634. The van der Waals surface area contributed by atoms with Crippen LogP contribution in [0.3, 0.4) is 0 Å². The third kappa shape index (κ3) is 1.76. The molecule has 0 aliphatic heterocycles. The number of phenolic OH excluding ortho intramolecular Hbond substituents is 1. The van der Waals surface area contributed by atoms with E-state index in [1.165, 1.54) is 6.07 Å². The smallest absolute Gasteiger partial charge is 0.145 e. The van der Waals surface area contributed by atoms with Crippen LogP contribution in [0.2, 0.25) is 5.02 Å². The summed E-state index contributed by atoms with van der Waals surface area (Å²) >= 11 is 5.68. The van der Waals surface area contributed by atoms with E-state index >= 15 is 0 Å². The fourth-order valence-electron chi connectivity index (χ4n) is 1.55. The van der Waals surface area contributed by atoms with Crippen LogP contribution < -0.4 is 0 Å². The van der Waals surface area contributed by atoms with Crippen LogP contribution in [0.4, 0.5) is 4.39 Å². The summed E-state index contributed by atoms with van der Waals surface area (Å²) in [6.07, 6.45) is 1.62. The van der Waals surface area contributed by atoms with Gasteiger partial charge in [-0.2, -0.15) is 5.10 Å². The Balaban J connectivity index is 2.60. The van der Waals surface area contributed by atoms with Crippen LogP contribution in [-0.4, -0.2) is 14.9 Å². The summed E-state index contributed by atoms with van der Waals surface area (Å²) in [6, 6.07) is 4.15. The quantitative estimate of drug-likeness (QED) is 0.876. The molecule has 1 aromatic heterocycles. The number of halogens is 2. The summed E-state index contributed by atoms with van der Waals surface area (Å²) in [5, 5.41) is 13.7. The standard InChI is InChI=1S/C11H10ClFN2O/c1-2-15-10(3-4-14-15)7-5-8(12)9(13)6-11(7)16/h3-6,16H,2H2,1H3. The molecule has 0 amide bonds. The van der Waals surface area contributed by atoms with E-state index in [4.69, 9.17) is 11.6 Å². The number of nitrogens with zero attached hydrogens (tertiary/aromatic N) is 2. The van der Waals surface area contributed by atoms with Gasteiger partial charge < -0.3 is 5.11 Å². The van der Waals surface area contributed by atoms with Crippen molar-refractivity contribution in [3.8, 4) is 17.0 Å². The van der Waals surface area contributed by atoms with Gasteiger partial charge in [-0.05, 0) is 19.1 Å². The van der Waals surface area contributed by atoms with Crippen LogP contribution in [0.25, 0.3) is 11.3 Å². The highest BCUT2D eigenvalue weighted by Crippen LogP contribution is 2.33. The van der Waals surface area contributed by atoms with E-state index in [0.29, 0.717) is 17.8 Å². The van der Waals surface area contributed by atoms with Gasteiger partial charge in [0.1, 0.15) is 11.6 Å². The van der Waals surface area contributed by atoms with Crippen LogP contribution in [0.15, 0.2) is 24.4 Å². The molecular weight excluding hydrogens is 231 g/mol. The van der Waals surface area contributed by atoms with Crippen molar-refractivity contribution in [1.82, 2.24) is 9.78 Å². The lowest BCUT2D eigenvalue weighted by molar-refractivity contribution is 0.470. The van der Waals surface area contributed by atoms with Crippen LogP contribution in [0, 0.1) is 5.82 Å². The molecule has 0 unspecified atom stereocenters. The second-order valence-corrected chi connectivity index (χ2v) is 3.72. The number of aromatic hydroxyl groups is 1. The number of aryl methyl sites for hydroxylation is 1. The summed E-state index contributed by atoms with van der Waals surface area (Å²) in [4.78, 5) is 0. The largest absolute Gasteiger partial charge is 0.507 e. The highest BCUT2D eigenvalue weighted by Gasteiger charge is 2.12. The highest BCUT2D eigenvalue weighted by molar-refractivity contribution is 6.31. The predicted octanol–water partition coefficient (Wildman–Crippen LogP) is 3.07. The van der Waals surface area contributed by atoms with E-state index in [-0.39, 0.29) is 10.8 Å². The minimum absolute atomic E-state index is 0.0170. The first-order valence-corrected chi connectivity index (χ1v) is 5.21. The Labute approximate surface area is 97.1 Å². The van der Waals surface area contributed by atoms with Gasteiger partial charge >= 0.3 is 0 Å². The lowest BCUT2D eigenvalue weighted by Crippen LogP contribution is -1.99. The van der Waals surface area contributed by atoms with Gasteiger partial charge in [0.25, 0.3) is 0 Å². The van der Waals surface area contributed by atoms with E-state index in [1.807, 2.05) is 6.92 Å². The van der Waals surface area contributed by atoms with Crippen molar-refractivity contribution in [2.24, 2.45) is 0 Å². The summed E-state index contributed by atoms with van der Waals surface area (Å²) in [6.45, 7) is 2.59. The third-order valence-electron chi connectivity index (χ3n) is 2.33. The van der Waals surface area contributed by atoms with Gasteiger partial charge in [-0.3, -0.25) is 4.68 Å². The molecule has 0 fully saturated rings. The van der Waals surface area contributed by atoms with Crippen LogP contribution in [0.1, 0.15) is 6.92 Å². The van der Waals surface area contributed by atoms with Crippen LogP contribution >= 0.6 is 11.6 Å². The number of rotatable bonds is 2. The van der Waals surface area contributed by atoms with Gasteiger partial charge in [-0.25, -0.2) is 4.39 Å². The molecule has 0 aliphatic carbocycles. The number of benzene rings is 1. The molecule has 1 heterocycles. The maximum Gasteiger partial charge on any atom is 0.145 e. The van der Waals surface area contributed by atoms with Gasteiger partial charge in [0.15, 0.2) is 0 Å². The molecule has 0 bridgehead atoms. The summed E-state index contributed by atoms with van der Waals surface area (Å²) in [7, 11) is 0. The third-order valence-corrected chi connectivity index (χ3v) is 2.62. The molecule has 0 radical (unpaired) electrons. The second kappa shape index (κ2) is 4.14. The summed E-state index contributed by atoms with van der Waals surface area (Å²) < 4.78 is 14.8. The average Bonchev–Trinajstić information content (AvgIpc) is 2.71. The molecular formula is C11H10ClFN2O. The van der Waals surface area contributed by atoms with Crippen molar-refractivity contribution in [2.45, 2.75) is 13.5 Å². The van der Waals surface area contributed by atoms with Gasteiger partial charge in [-0.15, -0.1) is 0 Å². The number of hydrogen-bond acceptors (Lipinski definition) is 2. The maximum atomic E-state index is 13.1. The zero-order chi connectivity index (χ0) is 11.7. The van der Waals surface area contributed by atoms with Crippen molar-refractivity contribution >= 4 is 11.6 Å². The zero-order valence-corrected chi connectivity index (χ0v) is 9.37. The molecule has 0 atom stereocenters. The van der Waals surface area contributed by atoms with Gasteiger partial charge in [0.05, 0.1) is 10.7 Å². The van der Waals surface area contributed by atoms with Crippen molar-refractivity contribution in [3.05, 3.63) is 35.2 Å². The van der Waals surface area contributed by atoms with E-state index in [2.05, 4.69) is 5.10 Å². The molecule has 5 heteroatoms. The summed E-state index contributed by atoms with van der Waals surface area (Å²) in [5.41, 5.74) is 1.19. The van der Waals surface area contributed by atoms with Crippen LogP contribution in [0.5, 0.6) is 5.75 Å². The molecule has 16 heavy (non-hydrogen) atoms. The molecule has 3 nitrogen and oxygen atoms in total. The lowest BCUT2D eigenvalue weighted by Gasteiger charge is -2.07. The lowest BCUT2D eigenvalue weighted by atomic mass is 10.1.